The number of allylic oxidation sites excluding steroid dienone is 3. The first-order chi connectivity index (χ1) is 7.35. The molecule has 0 aromatic heterocycles. The Morgan fingerprint density at radius 1 is 0.867 bits per heavy atom. The molecular formula is C13H24O2. The highest BCUT2D eigenvalue weighted by atomic mass is 16.7. The van der Waals surface area contributed by atoms with Crippen molar-refractivity contribution in [1.29, 1.82) is 0 Å². The predicted molar refractivity (Wildman–Crippen MR) is 64.8 cm³/mol. The van der Waals surface area contributed by atoms with E-state index in [0.29, 0.717) is 13.2 Å². The van der Waals surface area contributed by atoms with Crippen LogP contribution in [0.4, 0.5) is 0 Å². The van der Waals surface area contributed by atoms with Gasteiger partial charge in [0.25, 0.3) is 0 Å². The summed E-state index contributed by atoms with van der Waals surface area (Å²) in [5, 5.41) is 0. The molecule has 0 heterocycles. The van der Waals surface area contributed by atoms with Gasteiger partial charge in [0.2, 0.25) is 0 Å². The second-order valence-electron chi connectivity index (χ2n) is 3.16. The largest absolute Gasteiger partial charge is 0.353 e. The predicted octanol–water partition coefficient (Wildman–Crippen LogP) is 3.69. The molecule has 15 heavy (non-hydrogen) atoms. The summed E-state index contributed by atoms with van der Waals surface area (Å²) in [7, 11) is 0. The molecule has 2 nitrogen and oxygen atoms in total. The van der Waals surface area contributed by atoms with Crippen LogP contribution < -0.4 is 0 Å². The van der Waals surface area contributed by atoms with Gasteiger partial charge in [0.1, 0.15) is 0 Å². The van der Waals surface area contributed by atoms with Crippen LogP contribution in [0.2, 0.25) is 0 Å². The molecular weight excluding hydrogens is 188 g/mol. The molecule has 0 spiro atoms. The summed E-state index contributed by atoms with van der Waals surface area (Å²) in [6.07, 6.45) is 11.5. The maximum absolute atomic E-state index is 5.42. The molecule has 0 aromatic rings. The van der Waals surface area contributed by atoms with E-state index < -0.39 is 0 Å². The van der Waals surface area contributed by atoms with Crippen LogP contribution in [0.1, 0.15) is 40.0 Å². The van der Waals surface area contributed by atoms with Crippen molar-refractivity contribution in [3.63, 3.8) is 0 Å². The Labute approximate surface area is 94.0 Å². The molecule has 0 amide bonds. The van der Waals surface area contributed by atoms with E-state index >= 15 is 0 Å². The minimum atomic E-state index is -0.0774. The van der Waals surface area contributed by atoms with Crippen LogP contribution >= 0.6 is 0 Å². The molecule has 0 saturated carbocycles. The van der Waals surface area contributed by atoms with Crippen LogP contribution in [0, 0.1) is 0 Å². The zero-order valence-electron chi connectivity index (χ0n) is 10.2. The van der Waals surface area contributed by atoms with E-state index in [9.17, 15) is 0 Å². The summed E-state index contributed by atoms with van der Waals surface area (Å²) in [4.78, 5) is 0. The van der Waals surface area contributed by atoms with Crippen molar-refractivity contribution < 1.29 is 9.47 Å². The Morgan fingerprint density at radius 3 is 2.00 bits per heavy atom. The summed E-state index contributed by atoms with van der Waals surface area (Å²) in [6.45, 7) is 7.52. The molecule has 0 fully saturated rings. The van der Waals surface area contributed by atoms with Crippen molar-refractivity contribution >= 4 is 0 Å². The van der Waals surface area contributed by atoms with Gasteiger partial charge in [-0.1, -0.05) is 31.2 Å². The van der Waals surface area contributed by atoms with Crippen LogP contribution in [0.3, 0.4) is 0 Å². The smallest absolute Gasteiger partial charge is 0.160 e. The highest BCUT2D eigenvalue weighted by Gasteiger charge is 2.03. The highest BCUT2D eigenvalue weighted by molar-refractivity contribution is 4.92. The monoisotopic (exact) mass is 212 g/mol. The summed E-state index contributed by atoms with van der Waals surface area (Å²) in [6, 6.07) is 0. The lowest BCUT2D eigenvalue weighted by molar-refractivity contribution is -0.133. The van der Waals surface area contributed by atoms with Crippen molar-refractivity contribution in [3.05, 3.63) is 24.3 Å². The average molecular weight is 212 g/mol. The molecule has 0 aliphatic rings. The van der Waals surface area contributed by atoms with Gasteiger partial charge in [-0.15, -0.1) is 0 Å². The van der Waals surface area contributed by atoms with Crippen molar-refractivity contribution in [2.45, 2.75) is 46.3 Å². The second kappa shape index (κ2) is 11.5. The van der Waals surface area contributed by atoms with Gasteiger partial charge in [-0.2, -0.15) is 0 Å². The SMILES string of the molecule is CC/C=C\C/C=C\CC(OCC)OCC. The van der Waals surface area contributed by atoms with Crippen LogP contribution in [0.15, 0.2) is 24.3 Å². The number of hydrogen-bond donors (Lipinski definition) is 0. The van der Waals surface area contributed by atoms with E-state index in [1.54, 1.807) is 0 Å². The maximum Gasteiger partial charge on any atom is 0.160 e. The van der Waals surface area contributed by atoms with Gasteiger partial charge >= 0.3 is 0 Å². The molecule has 0 unspecified atom stereocenters. The lowest BCUT2D eigenvalue weighted by Gasteiger charge is -2.14. The summed E-state index contributed by atoms with van der Waals surface area (Å²) < 4.78 is 10.8. The minimum absolute atomic E-state index is 0.0774. The molecule has 2 heteroatoms. The van der Waals surface area contributed by atoms with Gasteiger partial charge in [-0.25, -0.2) is 0 Å². The molecule has 0 atom stereocenters. The topological polar surface area (TPSA) is 18.5 Å². The molecule has 0 aromatic carbocycles. The van der Waals surface area contributed by atoms with Gasteiger partial charge in [0.05, 0.1) is 0 Å². The van der Waals surface area contributed by atoms with Crippen molar-refractivity contribution in [1.82, 2.24) is 0 Å². The first-order valence-electron chi connectivity index (χ1n) is 5.88. The fourth-order valence-electron chi connectivity index (χ4n) is 1.20. The number of hydrogen-bond acceptors (Lipinski definition) is 2. The quantitative estimate of drug-likeness (QED) is 0.428. The molecule has 0 aliphatic heterocycles. The Bertz CT molecular complexity index is 167. The Morgan fingerprint density at radius 2 is 1.47 bits per heavy atom. The van der Waals surface area contributed by atoms with Crippen LogP contribution in [0.5, 0.6) is 0 Å². The second-order valence-corrected chi connectivity index (χ2v) is 3.16. The van der Waals surface area contributed by atoms with Gasteiger partial charge in [-0.05, 0) is 26.7 Å². The van der Waals surface area contributed by atoms with Crippen molar-refractivity contribution in [2.24, 2.45) is 0 Å². The Kier molecular flexibility index (Phi) is 11.0. The lowest BCUT2D eigenvalue weighted by atomic mass is 10.3. The lowest BCUT2D eigenvalue weighted by Crippen LogP contribution is -2.16. The zero-order chi connectivity index (χ0) is 11.4. The fourth-order valence-corrected chi connectivity index (χ4v) is 1.20. The molecule has 0 bridgehead atoms. The van der Waals surface area contributed by atoms with Crippen LogP contribution in [-0.2, 0) is 9.47 Å². The van der Waals surface area contributed by atoms with Crippen molar-refractivity contribution in [3.8, 4) is 0 Å². The van der Waals surface area contributed by atoms with Gasteiger partial charge in [0.15, 0.2) is 6.29 Å². The third-order valence-corrected chi connectivity index (χ3v) is 1.87. The fraction of sp³-hybridized carbons (Fsp3) is 0.692. The normalized spacial score (nSPS) is 12.3. The first-order valence-corrected chi connectivity index (χ1v) is 5.88. The summed E-state index contributed by atoms with van der Waals surface area (Å²) >= 11 is 0. The molecule has 0 aliphatic carbocycles. The van der Waals surface area contributed by atoms with E-state index in [0.717, 1.165) is 19.3 Å². The standard InChI is InChI=1S/C13H24O2/c1-4-7-8-9-10-11-12-13(14-5-2)15-6-3/h7-8,10-11,13H,4-6,9,12H2,1-3H3/b8-7-,11-10-. The molecule has 0 N–H and O–H groups in total. The van der Waals surface area contributed by atoms with E-state index in [-0.39, 0.29) is 6.29 Å². The van der Waals surface area contributed by atoms with Gasteiger partial charge in [0, 0.05) is 19.6 Å². The molecule has 0 saturated heterocycles. The molecule has 88 valence electrons. The van der Waals surface area contributed by atoms with Gasteiger partial charge in [-0.3, -0.25) is 0 Å². The Balaban J connectivity index is 3.62. The number of rotatable bonds is 9. The minimum Gasteiger partial charge on any atom is -0.353 e. The molecule has 0 rings (SSSR count). The average Bonchev–Trinajstić information content (AvgIpc) is 2.24. The highest BCUT2D eigenvalue weighted by Crippen LogP contribution is 2.02. The number of ether oxygens (including phenoxy) is 2. The third-order valence-electron chi connectivity index (χ3n) is 1.87. The zero-order valence-corrected chi connectivity index (χ0v) is 10.2. The van der Waals surface area contributed by atoms with Crippen molar-refractivity contribution in [2.75, 3.05) is 13.2 Å². The first kappa shape index (κ1) is 14.4. The van der Waals surface area contributed by atoms with Crippen LogP contribution in [0.25, 0.3) is 0 Å². The van der Waals surface area contributed by atoms with E-state index in [4.69, 9.17) is 9.47 Å². The van der Waals surface area contributed by atoms with E-state index in [1.165, 1.54) is 0 Å². The molecule has 0 radical (unpaired) electrons. The van der Waals surface area contributed by atoms with E-state index in [2.05, 4.69) is 31.2 Å². The maximum atomic E-state index is 5.42. The Hall–Kier alpha value is -0.600. The third kappa shape index (κ3) is 9.70. The van der Waals surface area contributed by atoms with E-state index in [1.807, 2.05) is 13.8 Å². The van der Waals surface area contributed by atoms with Gasteiger partial charge < -0.3 is 9.47 Å². The summed E-state index contributed by atoms with van der Waals surface area (Å²) in [5.74, 6) is 0. The van der Waals surface area contributed by atoms with Crippen LogP contribution in [-0.4, -0.2) is 19.5 Å². The summed E-state index contributed by atoms with van der Waals surface area (Å²) in [5.41, 5.74) is 0.